The maximum atomic E-state index is 4.58. The molecule has 30 heavy (non-hydrogen) atoms. The van der Waals surface area contributed by atoms with E-state index in [1.165, 1.54) is 27.6 Å². The molecule has 0 aliphatic heterocycles. The van der Waals surface area contributed by atoms with Gasteiger partial charge in [-0.3, -0.25) is 5.10 Å². The molecular formula is C23H23N7. The number of aromatic amines is 2. The fourth-order valence-corrected chi connectivity index (χ4v) is 3.65. The maximum Gasteiger partial charge on any atom is 0.224 e. The highest BCUT2D eigenvalue weighted by molar-refractivity contribution is 5.84. The largest absolute Gasteiger partial charge is 0.366 e. The van der Waals surface area contributed by atoms with Gasteiger partial charge < -0.3 is 15.6 Å². The van der Waals surface area contributed by atoms with E-state index in [4.69, 9.17) is 0 Å². The summed E-state index contributed by atoms with van der Waals surface area (Å²) in [5.41, 5.74) is 5.95. The van der Waals surface area contributed by atoms with Gasteiger partial charge in [0.1, 0.15) is 5.82 Å². The van der Waals surface area contributed by atoms with Gasteiger partial charge in [-0.15, -0.1) is 0 Å². The first-order chi connectivity index (χ1) is 14.7. The molecule has 0 aliphatic rings. The molecule has 2 aromatic carbocycles. The van der Waals surface area contributed by atoms with Gasteiger partial charge in [-0.05, 0) is 54.8 Å². The molecule has 0 spiro atoms. The lowest BCUT2D eigenvalue weighted by Gasteiger charge is -2.09. The SMILES string of the molecule is Cc1ccc2[nH]cc(CCNc3nccc(NCc4ccc5[nH]ncc5c4)n3)c2c1. The topological polar surface area (TPSA) is 94.3 Å². The van der Waals surface area contributed by atoms with Crippen LogP contribution in [-0.2, 0) is 13.0 Å². The van der Waals surface area contributed by atoms with Crippen LogP contribution >= 0.6 is 0 Å². The number of nitrogens with zero attached hydrogens (tertiary/aromatic N) is 3. The molecule has 0 unspecified atom stereocenters. The second kappa shape index (κ2) is 7.87. The first kappa shape index (κ1) is 18.2. The number of benzene rings is 2. The van der Waals surface area contributed by atoms with Crippen molar-refractivity contribution in [1.29, 1.82) is 0 Å². The predicted octanol–water partition coefficient (Wildman–Crippen LogP) is 4.41. The number of aromatic nitrogens is 5. The molecule has 0 atom stereocenters. The van der Waals surface area contributed by atoms with Crippen LogP contribution in [0, 0.1) is 6.92 Å². The molecule has 7 nitrogen and oxygen atoms in total. The van der Waals surface area contributed by atoms with E-state index < -0.39 is 0 Å². The standard InChI is InChI=1S/C23H23N7/c1-15-2-4-21-19(10-15)17(13-26-21)6-8-24-23-25-9-7-22(29-23)27-12-16-3-5-20-18(11-16)14-28-30-20/h2-5,7,9-11,13-14,26H,6,8,12H2,1H3,(H,28,30)(H2,24,25,27,29). The molecule has 0 aliphatic carbocycles. The summed E-state index contributed by atoms with van der Waals surface area (Å²) in [7, 11) is 0. The minimum absolute atomic E-state index is 0.626. The Morgan fingerprint density at radius 1 is 1.00 bits per heavy atom. The number of H-pyrrole nitrogens is 2. The van der Waals surface area contributed by atoms with E-state index in [1.807, 2.05) is 18.3 Å². The number of fused-ring (bicyclic) bond motifs is 2. The Labute approximate surface area is 174 Å². The second-order valence-electron chi connectivity index (χ2n) is 7.45. The summed E-state index contributed by atoms with van der Waals surface area (Å²) in [5.74, 6) is 1.42. The molecule has 0 amide bonds. The Hall–Kier alpha value is -3.87. The molecule has 0 saturated carbocycles. The molecule has 0 saturated heterocycles. The minimum Gasteiger partial charge on any atom is -0.366 e. The van der Waals surface area contributed by atoms with Crippen molar-refractivity contribution in [3.63, 3.8) is 0 Å². The Morgan fingerprint density at radius 2 is 1.93 bits per heavy atom. The van der Waals surface area contributed by atoms with Gasteiger partial charge in [0.25, 0.3) is 0 Å². The van der Waals surface area contributed by atoms with Gasteiger partial charge in [0.05, 0.1) is 11.7 Å². The Balaban J connectivity index is 1.19. The molecule has 5 aromatic rings. The summed E-state index contributed by atoms with van der Waals surface area (Å²) in [6.45, 7) is 3.57. The lowest BCUT2D eigenvalue weighted by atomic mass is 10.1. The lowest BCUT2D eigenvalue weighted by molar-refractivity contribution is 0.985. The molecular weight excluding hydrogens is 374 g/mol. The highest BCUT2D eigenvalue weighted by atomic mass is 15.1. The van der Waals surface area contributed by atoms with Crippen molar-refractivity contribution < 1.29 is 0 Å². The van der Waals surface area contributed by atoms with Gasteiger partial charge >= 0.3 is 0 Å². The smallest absolute Gasteiger partial charge is 0.224 e. The summed E-state index contributed by atoms with van der Waals surface area (Å²) in [5, 5.41) is 16.1. The Bertz CT molecular complexity index is 1300. The van der Waals surface area contributed by atoms with Crippen molar-refractivity contribution in [1.82, 2.24) is 25.1 Å². The Kier molecular flexibility index (Phi) is 4.77. The molecule has 7 heteroatoms. The van der Waals surface area contributed by atoms with Crippen molar-refractivity contribution in [3.05, 3.63) is 77.7 Å². The fraction of sp³-hybridized carbons (Fsp3) is 0.174. The number of hydrogen-bond donors (Lipinski definition) is 4. The van der Waals surface area contributed by atoms with Gasteiger partial charge in [0.15, 0.2) is 0 Å². The summed E-state index contributed by atoms with van der Waals surface area (Å²) in [4.78, 5) is 12.3. The molecule has 0 fully saturated rings. The van der Waals surface area contributed by atoms with Crippen molar-refractivity contribution in [2.45, 2.75) is 19.9 Å². The van der Waals surface area contributed by atoms with Gasteiger partial charge in [-0.1, -0.05) is 17.7 Å². The molecule has 5 rings (SSSR count). The van der Waals surface area contributed by atoms with Crippen LogP contribution in [0.4, 0.5) is 11.8 Å². The average molecular weight is 397 g/mol. The van der Waals surface area contributed by atoms with Crippen LogP contribution < -0.4 is 10.6 Å². The zero-order valence-electron chi connectivity index (χ0n) is 16.7. The van der Waals surface area contributed by atoms with E-state index in [9.17, 15) is 0 Å². The van der Waals surface area contributed by atoms with E-state index in [-0.39, 0.29) is 0 Å². The zero-order chi connectivity index (χ0) is 20.3. The molecule has 0 radical (unpaired) electrons. The number of anilines is 2. The van der Waals surface area contributed by atoms with E-state index in [1.54, 1.807) is 6.20 Å². The van der Waals surface area contributed by atoms with Crippen LogP contribution in [0.5, 0.6) is 0 Å². The van der Waals surface area contributed by atoms with Gasteiger partial charge in [0.2, 0.25) is 5.95 Å². The number of hydrogen-bond acceptors (Lipinski definition) is 5. The Morgan fingerprint density at radius 3 is 2.90 bits per heavy atom. The van der Waals surface area contributed by atoms with E-state index >= 15 is 0 Å². The van der Waals surface area contributed by atoms with Gasteiger partial charge in [-0.2, -0.15) is 10.1 Å². The first-order valence-corrected chi connectivity index (χ1v) is 10.0. The normalized spacial score (nSPS) is 11.2. The third-order valence-electron chi connectivity index (χ3n) is 5.23. The molecule has 3 heterocycles. The highest BCUT2D eigenvalue weighted by Gasteiger charge is 2.05. The van der Waals surface area contributed by atoms with Crippen molar-refractivity contribution >= 4 is 33.6 Å². The quantitative estimate of drug-likeness (QED) is 0.326. The number of rotatable bonds is 7. The van der Waals surface area contributed by atoms with Gasteiger partial charge in [-0.25, -0.2) is 4.98 Å². The van der Waals surface area contributed by atoms with Crippen molar-refractivity contribution in [2.24, 2.45) is 0 Å². The molecule has 0 bridgehead atoms. The summed E-state index contributed by atoms with van der Waals surface area (Å²) in [6, 6.07) is 14.6. The van der Waals surface area contributed by atoms with Crippen LogP contribution in [0.2, 0.25) is 0 Å². The average Bonchev–Trinajstić information content (AvgIpc) is 3.39. The highest BCUT2D eigenvalue weighted by Crippen LogP contribution is 2.20. The lowest BCUT2D eigenvalue weighted by Crippen LogP contribution is -2.09. The van der Waals surface area contributed by atoms with Gasteiger partial charge in [0, 0.05) is 41.8 Å². The van der Waals surface area contributed by atoms with E-state index in [0.717, 1.165) is 29.7 Å². The van der Waals surface area contributed by atoms with Crippen molar-refractivity contribution in [2.75, 3.05) is 17.2 Å². The zero-order valence-corrected chi connectivity index (χ0v) is 16.7. The second-order valence-corrected chi connectivity index (χ2v) is 7.45. The van der Waals surface area contributed by atoms with E-state index in [2.05, 4.69) is 79.2 Å². The van der Waals surface area contributed by atoms with Crippen LogP contribution in [0.25, 0.3) is 21.8 Å². The monoisotopic (exact) mass is 397 g/mol. The fourth-order valence-electron chi connectivity index (χ4n) is 3.65. The first-order valence-electron chi connectivity index (χ1n) is 10.0. The summed E-state index contributed by atoms with van der Waals surface area (Å²) in [6.07, 6.45) is 6.59. The van der Waals surface area contributed by atoms with E-state index in [0.29, 0.717) is 12.5 Å². The predicted molar refractivity (Wildman–Crippen MR) is 121 cm³/mol. The van der Waals surface area contributed by atoms with Crippen LogP contribution in [0.3, 0.4) is 0 Å². The maximum absolute atomic E-state index is 4.58. The van der Waals surface area contributed by atoms with Crippen LogP contribution in [0.15, 0.2) is 61.1 Å². The molecule has 4 N–H and O–H groups in total. The summed E-state index contributed by atoms with van der Waals surface area (Å²) < 4.78 is 0. The van der Waals surface area contributed by atoms with Crippen molar-refractivity contribution in [3.8, 4) is 0 Å². The molecule has 150 valence electrons. The van der Waals surface area contributed by atoms with Crippen LogP contribution in [0.1, 0.15) is 16.7 Å². The minimum atomic E-state index is 0.626. The van der Waals surface area contributed by atoms with Crippen LogP contribution in [-0.4, -0.2) is 31.7 Å². The summed E-state index contributed by atoms with van der Waals surface area (Å²) >= 11 is 0. The third-order valence-corrected chi connectivity index (χ3v) is 5.23. The molecule has 3 aromatic heterocycles. The third kappa shape index (κ3) is 3.82. The number of aryl methyl sites for hydroxylation is 1. The number of nitrogens with one attached hydrogen (secondary N) is 4.